The van der Waals surface area contributed by atoms with Gasteiger partial charge in [0.2, 0.25) is 5.91 Å². The normalized spacial score (nSPS) is 31.5. The molecule has 1 aromatic carbocycles. The SMILES string of the molecule is CN(C)c1c(CNCC2CCCCC2)cc(O)c2c1C[C@H]1C[C@H]3[C@H](N(C)C)C(=O)C(C(N)=O)C(=O)[C@@]3(O)C(=O)C1C2=O. The fourth-order valence-electron chi connectivity index (χ4n) is 8.22. The molecule has 0 saturated heterocycles. The highest BCUT2D eigenvalue weighted by Crippen LogP contribution is 2.52. The first-order valence-corrected chi connectivity index (χ1v) is 14.9. The molecule has 4 aliphatic rings. The van der Waals surface area contributed by atoms with Crippen molar-refractivity contribution in [3.8, 4) is 5.75 Å². The highest BCUT2D eigenvalue weighted by atomic mass is 16.3. The average molecular weight is 583 g/mol. The number of amides is 1. The van der Waals surface area contributed by atoms with Crippen molar-refractivity contribution in [2.45, 2.75) is 63.1 Å². The summed E-state index contributed by atoms with van der Waals surface area (Å²) in [5, 5.41) is 26.4. The zero-order chi connectivity index (χ0) is 30.7. The fourth-order valence-corrected chi connectivity index (χ4v) is 8.22. The van der Waals surface area contributed by atoms with E-state index in [9.17, 15) is 34.2 Å². The van der Waals surface area contributed by atoms with Gasteiger partial charge < -0.3 is 26.2 Å². The van der Waals surface area contributed by atoms with Gasteiger partial charge in [-0.15, -0.1) is 0 Å². The van der Waals surface area contributed by atoms with E-state index in [4.69, 9.17) is 5.73 Å². The van der Waals surface area contributed by atoms with E-state index in [-0.39, 0.29) is 24.2 Å². The van der Waals surface area contributed by atoms with Crippen LogP contribution in [-0.4, -0.2) is 90.5 Å². The van der Waals surface area contributed by atoms with E-state index < -0.39 is 64.4 Å². The average Bonchev–Trinajstić information content (AvgIpc) is 2.90. The molecular formula is C31H42N4O7. The molecule has 1 amide bonds. The number of Topliss-reactive ketones (excluding diaryl/α,β-unsaturated/α-hetero) is 4. The summed E-state index contributed by atoms with van der Waals surface area (Å²) >= 11 is 0. The molecule has 0 radical (unpaired) electrons. The lowest BCUT2D eigenvalue weighted by atomic mass is 9.52. The fraction of sp³-hybridized carbons (Fsp3) is 0.645. The molecule has 0 spiro atoms. The molecule has 0 aromatic heterocycles. The standard InChI is InChI=1S/C31H42N4O7/c1-34(2)24-17(14-33-13-15-8-6-5-7-9-15)12-20(36)22-18(24)10-16-11-19-25(35(3)4)27(38)23(30(32)41)29(40)31(19,42)28(39)21(16)26(22)37/h12,15-16,19,21,23,25,33,36,42H,5-11,13-14H2,1-4H3,(H2,32,41)/t16-,19-,21?,23?,25-,31-/m0/s1. The number of nitrogens with zero attached hydrogens (tertiary/aromatic N) is 2. The van der Waals surface area contributed by atoms with E-state index in [2.05, 4.69) is 5.32 Å². The Morgan fingerprint density at radius 2 is 1.74 bits per heavy atom. The predicted octanol–water partition coefficient (Wildman–Crippen LogP) is 0.603. The molecule has 11 heteroatoms. The number of aliphatic hydroxyl groups is 1. The second-order valence-corrected chi connectivity index (χ2v) is 13.1. The van der Waals surface area contributed by atoms with Crippen molar-refractivity contribution in [3.63, 3.8) is 0 Å². The number of carbonyl (C=O) groups excluding carboxylic acids is 5. The monoisotopic (exact) mass is 582 g/mol. The second-order valence-electron chi connectivity index (χ2n) is 13.1. The van der Waals surface area contributed by atoms with Gasteiger partial charge in [0.15, 0.2) is 34.7 Å². The van der Waals surface area contributed by atoms with Crippen molar-refractivity contribution in [1.29, 1.82) is 0 Å². The minimum atomic E-state index is -2.72. The number of nitrogens with one attached hydrogen (secondary N) is 1. The van der Waals surface area contributed by atoms with Crippen LogP contribution >= 0.6 is 0 Å². The number of primary amides is 1. The summed E-state index contributed by atoms with van der Waals surface area (Å²) in [5.41, 5.74) is 4.90. The van der Waals surface area contributed by atoms with Crippen LogP contribution in [0.4, 0.5) is 5.69 Å². The number of carbonyl (C=O) groups is 5. The molecule has 2 unspecified atom stereocenters. The van der Waals surface area contributed by atoms with Crippen molar-refractivity contribution in [2.24, 2.45) is 35.3 Å². The molecule has 42 heavy (non-hydrogen) atoms. The number of aromatic hydroxyl groups is 1. The third-order valence-electron chi connectivity index (χ3n) is 10.0. The highest BCUT2D eigenvalue weighted by Gasteiger charge is 2.69. The van der Waals surface area contributed by atoms with E-state index in [1.807, 2.05) is 19.0 Å². The summed E-state index contributed by atoms with van der Waals surface area (Å²) in [6, 6.07) is 0.435. The Bertz CT molecular complexity index is 1330. The largest absolute Gasteiger partial charge is 0.507 e. The molecule has 0 aliphatic heterocycles. The summed E-state index contributed by atoms with van der Waals surface area (Å²) in [4.78, 5) is 70.3. The van der Waals surface area contributed by atoms with Gasteiger partial charge in [-0.05, 0) is 75.4 Å². The lowest BCUT2D eigenvalue weighted by Gasteiger charge is -2.52. The number of phenolic OH excluding ortho intramolecular Hbond substituents is 1. The quantitative estimate of drug-likeness (QED) is 0.334. The summed E-state index contributed by atoms with van der Waals surface area (Å²) in [6.45, 7) is 1.36. The van der Waals surface area contributed by atoms with Gasteiger partial charge in [0.05, 0.1) is 17.5 Å². The van der Waals surface area contributed by atoms with E-state index in [0.717, 1.165) is 17.8 Å². The topological polar surface area (TPSA) is 170 Å². The molecule has 0 heterocycles. The first kappa shape index (κ1) is 30.3. The number of likely N-dealkylation sites (N-methyl/N-ethyl adjacent to an activating group) is 1. The number of nitrogens with two attached hydrogens (primary N) is 1. The molecule has 5 rings (SSSR count). The van der Waals surface area contributed by atoms with E-state index in [0.29, 0.717) is 18.0 Å². The summed E-state index contributed by atoms with van der Waals surface area (Å²) in [5.74, 6) is -9.73. The number of benzene rings is 1. The Balaban J connectivity index is 1.53. The van der Waals surface area contributed by atoms with Crippen LogP contribution in [0.5, 0.6) is 5.75 Å². The van der Waals surface area contributed by atoms with Gasteiger partial charge in [0.1, 0.15) is 5.75 Å². The van der Waals surface area contributed by atoms with Gasteiger partial charge in [-0.2, -0.15) is 0 Å². The van der Waals surface area contributed by atoms with Crippen molar-refractivity contribution in [1.82, 2.24) is 10.2 Å². The van der Waals surface area contributed by atoms with Gasteiger partial charge in [-0.1, -0.05) is 19.3 Å². The van der Waals surface area contributed by atoms with E-state index in [1.165, 1.54) is 37.0 Å². The van der Waals surface area contributed by atoms with Crippen LogP contribution < -0.4 is 16.0 Å². The van der Waals surface area contributed by atoms with E-state index in [1.54, 1.807) is 20.2 Å². The Kier molecular flexibility index (Phi) is 8.06. The molecule has 11 nitrogen and oxygen atoms in total. The molecule has 3 saturated carbocycles. The van der Waals surface area contributed by atoms with Gasteiger partial charge in [-0.25, -0.2) is 0 Å². The number of phenols is 1. The number of anilines is 1. The highest BCUT2D eigenvalue weighted by molar-refractivity contribution is 6.32. The number of hydrogen-bond donors (Lipinski definition) is 4. The second kappa shape index (κ2) is 11.2. The Morgan fingerprint density at radius 3 is 2.33 bits per heavy atom. The lowest BCUT2D eigenvalue weighted by molar-refractivity contribution is -0.181. The van der Waals surface area contributed by atoms with Crippen LogP contribution in [-0.2, 0) is 32.1 Å². The van der Waals surface area contributed by atoms with Crippen LogP contribution in [0.1, 0.15) is 60.0 Å². The number of fused-ring (bicyclic) bond motifs is 3. The molecule has 0 bridgehead atoms. The summed E-state index contributed by atoms with van der Waals surface area (Å²) in [6.07, 6.45) is 6.42. The van der Waals surface area contributed by atoms with Gasteiger partial charge in [0.25, 0.3) is 0 Å². The van der Waals surface area contributed by atoms with Gasteiger partial charge >= 0.3 is 0 Å². The summed E-state index contributed by atoms with van der Waals surface area (Å²) in [7, 11) is 6.87. The van der Waals surface area contributed by atoms with Crippen LogP contribution in [0.2, 0.25) is 0 Å². The molecule has 228 valence electrons. The van der Waals surface area contributed by atoms with Crippen LogP contribution in [0, 0.1) is 29.6 Å². The Morgan fingerprint density at radius 1 is 1.07 bits per heavy atom. The van der Waals surface area contributed by atoms with Crippen molar-refractivity contribution in [3.05, 3.63) is 22.8 Å². The van der Waals surface area contributed by atoms with Crippen LogP contribution in [0.3, 0.4) is 0 Å². The van der Waals surface area contributed by atoms with Gasteiger partial charge in [0, 0.05) is 32.2 Å². The van der Waals surface area contributed by atoms with Crippen LogP contribution in [0.25, 0.3) is 0 Å². The van der Waals surface area contributed by atoms with Crippen molar-refractivity contribution >= 4 is 34.7 Å². The van der Waals surface area contributed by atoms with E-state index >= 15 is 0 Å². The molecule has 1 aromatic rings. The lowest BCUT2D eigenvalue weighted by Crippen LogP contribution is -2.74. The van der Waals surface area contributed by atoms with Crippen LogP contribution in [0.15, 0.2) is 6.07 Å². The Labute approximate surface area is 245 Å². The van der Waals surface area contributed by atoms with Gasteiger partial charge in [-0.3, -0.25) is 28.9 Å². The minimum absolute atomic E-state index is 0.0151. The zero-order valence-electron chi connectivity index (χ0n) is 24.8. The number of rotatable bonds is 7. The zero-order valence-corrected chi connectivity index (χ0v) is 24.8. The third kappa shape index (κ3) is 4.66. The number of ketones is 4. The maximum atomic E-state index is 14.0. The molecule has 3 fully saturated rings. The minimum Gasteiger partial charge on any atom is -0.507 e. The molecule has 4 aliphatic carbocycles. The Hall–Kier alpha value is -3.15. The maximum absolute atomic E-state index is 14.0. The van der Waals surface area contributed by atoms with Crippen molar-refractivity contribution in [2.75, 3.05) is 39.6 Å². The first-order valence-electron chi connectivity index (χ1n) is 14.9. The predicted molar refractivity (Wildman–Crippen MR) is 154 cm³/mol. The smallest absolute Gasteiger partial charge is 0.235 e. The first-order chi connectivity index (χ1) is 19.8. The third-order valence-corrected chi connectivity index (χ3v) is 10.0. The molecule has 6 atom stereocenters. The number of hydrogen-bond acceptors (Lipinski definition) is 10. The maximum Gasteiger partial charge on any atom is 0.235 e. The molecular weight excluding hydrogens is 540 g/mol. The van der Waals surface area contributed by atoms with Crippen molar-refractivity contribution < 1.29 is 34.2 Å². The summed E-state index contributed by atoms with van der Waals surface area (Å²) < 4.78 is 0. The molecule has 5 N–H and O–H groups in total.